The molecule has 3 nitrogen and oxygen atoms in total. The first-order valence-electron chi connectivity index (χ1n) is 4.10. The third-order valence-corrected chi connectivity index (χ3v) is 3.33. The van der Waals surface area contributed by atoms with E-state index < -0.39 is 6.10 Å². The van der Waals surface area contributed by atoms with Crippen LogP contribution in [0.5, 0.6) is 0 Å². The van der Waals surface area contributed by atoms with Gasteiger partial charge in [0.2, 0.25) is 0 Å². The fourth-order valence-electron chi connectivity index (χ4n) is 0.872. The van der Waals surface area contributed by atoms with Crippen molar-refractivity contribution in [2.45, 2.75) is 11.0 Å². The smallest absolute Gasteiger partial charge is 0.0864 e. The van der Waals surface area contributed by atoms with Gasteiger partial charge < -0.3 is 15.9 Å². The van der Waals surface area contributed by atoms with Crippen LogP contribution in [-0.2, 0) is 0 Å². The maximum Gasteiger partial charge on any atom is 0.0864 e. The zero-order valence-corrected chi connectivity index (χ0v) is 9.88. The number of aliphatic hydroxyl groups excluding tert-OH is 2. The Bertz CT molecular complexity index is 309. The zero-order chi connectivity index (χ0) is 10.6. The van der Waals surface area contributed by atoms with E-state index in [1.54, 1.807) is 6.07 Å². The van der Waals surface area contributed by atoms with Gasteiger partial charge in [-0.2, -0.15) is 0 Å². The van der Waals surface area contributed by atoms with Crippen molar-refractivity contribution in [3.05, 3.63) is 22.7 Å². The number of halogens is 1. The molecular weight excluding hydrogens is 266 g/mol. The van der Waals surface area contributed by atoms with Crippen molar-refractivity contribution in [3.63, 3.8) is 0 Å². The zero-order valence-electron chi connectivity index (χ0n) is 7.48. The molecule has 0 amide bonds. The second-order valence-corrected chi connectivity index (χ2v) is 4.81. The number of nitrogen functional groups attached to an aromatic ring is 1. The van der Waals surface area contributed by atoms with E-state index in [2.05, 4.69) is 15.9 Å². The van der Waals surface area contributed by atoms with Gasteiger partial charge in [0.25, 0.3) is 0 Å². The third-order valence-electron chi connectivity index (χ3n) is 1.62. The Labute approximate surface area is 95.4 Å². The summed E-state index contributed by atoms with van der Waals surface area (Å²) < 4.78 is 0.952. The number of rotatable bonds is 4. The monoisotopic (exact) mass is 277 g/mol. The van der Waals surface area contributed by atoms with Crippen molar-refractivity contribution < 1.29 is 10.2 Å². The fraction of sp³-hybridized carbons (Fsp3) is 0.333. The number of benzene rings is 1. The Morgan fingerprint density at radius 1 is 1.50 bits per heavy atom. The van der Waals surface area contributed by atoms with E-state index in [0.29, 0.717) is 11.4 Å². The second kappa shape index (κ2) is 5.60. The summed E-state index contributed by atoms with van der Waals surface area (Å²) in [5.74, 6) is 0.442. The highest BCUT2D eigenvalue weighted by molar-refractivity contribution is 9.10. The summed E-state index contributed by atoms with van der Waals surface area (Å²) in [5.41, 5.74) is 6.41. The van der Waals surface area contributed by atoms with Crippen LogP contribution in [0.1, 0.15) is 0 Å². The number of aliphatic hydroxyl groups is 2. The minimum absolute atomic E-state index is 0.221. The first-order chi connectivity index (χ1) is 6.63. The van der Waals surface area contributed by atoms with Crippen LogP contribution >= 0.6 is 27.7 Å². The van der Waals surface area contributed by atoms with Crippen molar-refractivity contribution in [2.24, 2.45) is 0 Å². The minimum Gasteiger partial charge on any atom is -0.398 e. The van der Waals surface area contributed by atoms with Crippen LogP contribution in [0.2, 0.25) is 0 Å². The number of nitrogens with two attached hydrogens (primary N) is 1. The molecule has 0 fully saturated rings. The normalized spacial score (nSPS) is 12.8. The summed E-state index contributed by atoms with van der Waals surface area (Å²) >= 11 is 4.77. The average Bonchev–Trinajstić information content (AvgIpc) is 2.19. The largest absolute Gasteiger partial charge is 0.398 e. The number of anilines is 1. The van der Waals surface area contributed by atoms with E-state index in [1.165, 1.54) is 11.8 Å². The molecule has 0 aliphatic heterocycles. The van der Waals surface area contributed by atoms with Crippen molar-refractivity contribution >= 4 is 33.4 Å². The number of hydrogen-bond acceptors (Lipinski definition) is 4. The summed E-state index contributed by atoms with van der Waals surface area (Å²) in [6.07, 6.45) is -0.696. The molecule has 14 heavy (non-hydrogen) atoms. The minimum atomic E-state index is -0.696. The highest BCUT2D eigenvalue weighted by atomic mass is 79.9. The first-order valence-corrected chi connectivity index (χ1v) is 5.88. The van der Waals surface area contributed by atoms with Gasteiger partial charge in [-0.05, 0) is 18.2 Å². The van der Waals surface area contributed by atoms with Crippen LogP contribution < -0.4 is 5.73 Å². The molecule has 0 radical (unpaired) electrons. The molecule has 0 saturated carbocycles. The Morgan fingerprint density at radius 2 is 2.21 bits per heavy atom. The van der Waals surface area contributed by atoms with Crippen molar-refractivity contribution in [2.75, 3.05) is 18.1 Å². The lowest BCUT2D eigenvalue weighted by Crippen LogP contribution is -2.14. The van der Waals surface area contributed by atoms with Gasteiger partial charge in [-0.3, -0.25) is 0 Å². The molecule has 78 valence electrons. The van der Waals surface area contributed by atoms with E-state index in [0.717, 1.165) is 9.37 Å². The van der Waals surface area contributed by atoms with Gasteiger partial charge in [-0.1, -0.05) is 15.9 Å². The summed E-state index contributed by atoms with van der Waals surface area (Å²) in [6.45, 7) is -0.221. The van der Waals surface area contributed by atoms with Gasteiger partial charge in [0.15, 0.2) is 0 Å². The molecule has 0 saturated heterocycles. The average molecular weight is 278 g/mol. The Hall–Kier alpha value is -0.230. The van der Waals surface area contributed by atoms with Crippen LogP contribution in [0.4, 0.5) is 5.69 Å². The summed E-state index contributed by atoms with van der Waals surface area (Å²) in [6, 6.07) is 5.56. The quantitative estimate of drug-likeness (QED) is 0.576. The summed E-state index contributed by atoms with van der Waals surface area (Å²) in [4.78, 5) is 0.909. The maximum atomic E-state index is 9.16. The highest BCUT2D eigenvalue weighted by Gasteiger charge is 2.05. The Morgan fingerprint density at radius 3 is 2.86 bits per heavy atom. The van der Waals surface area contributed by atoms with Crippen LogP contribution in [0.25, 0.3) is 0 Å². The lowest BCUT2D eigenvalue weighted by atomic mass is 10.3. The van der Waals surface area contributed by atoms with Crippen LogP contribution in [0, 0.1) is 0 Å². The van der Waals surface area contributed by atoms with Crippen LogP contribution in [0.3, 0.4) is 0 Å². The molecule has 1 rings (SSSR count). The molecular formula is C9H12BrNO2S. The molecule has 1 aromatic carbocycles. The van der Waals surface area contributed by atoms with E-state index in [-0.39, 0.29) is 6.61 Å². The lowest BCUT2D eigenvalue weighted by molar-refractivity contribution is 0.113. The number of thioether (sulfide) groups is 1. The molecule has 4 N–H and O–H groups in total. The van der Waals surface area contributed by atoms with E-state index in [9.17, 15) is 0 Å². The maximum absolute atomic E-state index is 9.16. The van der Waals surface area contributed by atoms with E-state index in [4.69, 9.17) is 15.9 Å². The first kappa shape index (κ1) is 11.8. The molecule has 0 aliphatic rings. The third kappa shape index (κ3) is 3.49. The van der Waals surface area contributed by atoms with E-state index >= 15 is 0 Å². The topological polar surface area (TPSA) is 66.5 Å². The molecule has 0 aromatic heterocycles. The van der Waals surface area contributed by atoms with Crippen molar-refractivity contribution in [3.8, 4) is 0 Å². The van der Waals surface area contributed by atoms with E-state index in [1.807, 2.05) is 12.1 Å². The molecule has 0 aliphatic carbocycles. The fourth-order valence-corrected chi connectivity index (χ4v) is 2.31. The predicted octanol–water partition coefficient (Wildman–Crippen LogP) is 1.48. The summed E-state index contributed by atoms with van der Waals surface area (Å²) in [7, 11) is 0. The summed E-state index contributed by atoms with van der Waals surface area (Å²) in [5, 5.41) is 17.8. The van der Waals surface area contributed by atoms with Crippen molar-refractivity contribution in [1.29, 1.82) is 0 Å². The highest BCUT2D eigenvalue weighted by Crippen LogP contribution is 2.28. The Balaban J connectivity index is 2.62. The van der Waals surface area contributed by atoms with Gasteiger partial charge in [0.1, 0.15) is 0 Å². The molecule has 1 aromatic rings. The molecule has 5 heteroatoms. The van der Waals surface area contributed by atoms with Crippen molar-refractivity contribution in [1.82, 2.24) is 0 Å². The molecule has 0 bridgehead atoms. The van der Waals surface area contributed by atoms with Gasteiger partial charge >= 0.3 is 0 Å². The second-order valence-electron chi connectivity index (χ2n) is 2.83. The standard InChI is InChI=1S/C9H12BrNO2S/c10-6-1-2-8(11)9(3-6)14-5-7(13)4-12/h1-3,7,12-13H,4-5,11H2. The predicted molar refractivity (Wildman–Crippen MR) is 62.4 cm³/mol. The van der Waals surface area contributed by atoms with Gasteiger partial charge in [0.05, 0.1) is 12.7 Å². The van der Waals surface area contributed by atoms with Gasteiger partial charge in [-0.15, -0.1) is 11.8 Å². The molecule has 1 unspecified atom stereocenters. The lowest BCUT2D eigenvalue weighted by Gasteiger charge is -2.08. The SMILES string of the molecule is Nc1ccc(Br)cc1SCC(O)CO. The number of hydrogen-bond donors (Lipinski definition) is 3. The van der Waals surface area contributed by atoms with Crippen LogP contribution in [-0.4, -0.2) is 28.7 Å². The van der Waals surface area contributed by atoms with Crippen LogP contribution in [0.15, 0.2) is 27.6 Å². The van der Waals surface area contributed by atoms with Gasteiger partial charge in [-0.25, -0.2) is 0 Å². The molecule has 0 spiro atoms. The Kier molecular flexibility index (Phi) is 4.74. The molecule has 0 heterocycles. The van der Waals surface area contributed by atoms with Gasteiger partial charge in [0, 0.05) is 20.8 Å². The molecule has 1 atom stereocenters.